The number of halogens is 5. The number of rotatable bonds is 6. The topological polar surface area (TPSA) is 85.3 Å². The van der Waals surface area contributed by atoms with Crippen molar-refractivity contribution in [3.05, 3.63) is 82.0 Å². The van der Waals surface area contributed by atoms with Crippen LogP contribution in [0.15, 0.2) is 60.8 Å². The molecule has 0 spiro atoms. The minimum Gasteiger partial charge on any atom is -0.406 e. The van der Waals surface area contributed by atoms with Crippen LogP contribution in [0.25, 0.3) is 16.6 Å². The van der Waals surface area contributed by atoms with E-state index in [2.05, 4.69) is 20.5 Å². The highest BCUT2D eigenvalue weighted by molar-refractivity contribution is 6.41. The third-order valence-electron chi connectivity index (χ3n) is 5.68. The van der Waals surface area contributed by atoms with Gasteiger partial charge in [0, 0.05) is 23.4 Å². The van der Waals surface area contributed by atoms with Gasteiger partial charge in [-0.15, -0.1) is 13.2 Å². The number of carbonyl (C=O) groups excluding carboxylic acids is 2. The first-order valence-electron chi connectivity index (χ1n) is 11.6. The third-order valence-corrected chi connectivity index (χ3v) is 6.42. The van der Waals surface area contributed by atoms with Crippen molar-refractivity contribution in [1.82, 2.24) is 15.1 Å². The third kappa shape index (κ3) is 6.46. The van der Waals surface area contributed by atoms with Crippen molar-refractivity contribution < 1.29 is 27.5 Å². The summed E-state index contributed by atoms with van der Waals surface area (Å²) in [6.07, 6.45) is -3.36. The predicted molar refractivity (Wildman–Crippen MR) is 143 cm³/mol. The van der Waals surface area contributed by atoms with Crippen LogP contribution in [-0.2, 0) is 11.3 Å². The van der Waals surface area contributed by atoms with Gasteiger partial charge < -0.3 is 15.4 Å². The number of hydrogen-bond donors (Lipinski definition) is 2. The largest absolute Gasteiger partial charge is 0.573 e. The number of amides is 2. The summed E-state index contributed by atoms with van der Waals surface area (Å²) < 4.78 is 43.4. The molecule has 12 heteroatoms. The average molecular weight is 579 g/mol. The minimum atomic E-state index is -4.83. The van der Waals surface area contributed by atoms with Crippen LogP contribution in [0.4, 0.5) is 18.9 Å². The lowest BCUT2D eigenvalue weighted by atomic mass is 9.95. The molecule has 4 aromatic rings. The second-order valence-corrected chi connectivity index (χ2v) is 10.4. The number of alkyl halides is 3. The van der Waals surface area contributed by atoms with Gasteiger partial charge in [-0.05, 0) is 35.9 Å². The summed E-state index contributed by atoms with van der Waals surface area (Å²) in [6.45, 7) is 5.44. The van der Waals surface area contributed by atoms with Crippen molar-refractivity contribution in [2.45, 2.75) is 33.7 Å². The number of anilines is 1. The zero-order chi connectivity index (χ0) is 28.5. The molecule has 0 aliphatic carbocycles. The lowest BCUT2D eigenvalue weighted by molar-refractivity contribution is -0.274. The van der Waals surface area contributed by atoms with Crippen molar-refractivity contribution in [3.8, 4) is 11.4 Å². The number of benzene rings is 3. The van der Waals surface area contributed by atoms with Gasteiger partial charge in [-0.25, -0.2) is 4.68 Å². The molecule has 204 valence electrons. The van der Waals surface area contributed by atoms with Gasteiger partial charge in [-0.3, -0.25) is 9.59 Å². The summed E-state index contributed by atoms with van der Waals surface area (Å²) in [5.41, 5.74) is 1.16. The monoisotopic (exact) mass is 578 g/mol. The van der Waals surface area contributed by atoms with E-state index in [4.69, 9.17) is 23.2 Å². The maximum absolute atomic E-state index is 13.3. The molecule has 2 N–H and O–H groups in total. The van der Waals surface area contributed by atoms with E-state index < -0.39 is 23.4 Å². The number of aromatic nitrogens is 2. The highest BCUT2D eigenvalue weighted by Gasteiger charge is 2.31. The van der Waals surface area contributed by atoms with Crippen LogP contribution in [0, 0.1) is 5.41 Å². The van der Waals surface area contributed by atoms with E-state index in [-0.39, 0.29) is 28.1 Å². The second-order valence-electron chi connectivity index (χ2n) is 9.62. The van der Waals surface area contributed by atoms with Gasteiger partial charge >= 0.3 is 6.36 Å². The zero-order valence-corrected chi connectivity index (χ0v) is 22.5. The summed E-state index contributed by atoms with van der Waals surface area (Å²) in [7, 11) is 0. The molecule has 0 aliphatic heterocycles. The van der Waals surface area contributed by atoms with E-state index in [9.17, 15) is 22.8 Å². The first-order valence-corrected chi connectivity index (χ1v) is 12.4. The standard InChI is InChI=1S/C27H23Cl2F3N4O3/c1-26(2,3)25(38)33-13-15-10-11-19(28)22(23(15)29)24(37)35-20-8-5-9-21-18(20)14-34-36(21)16-6-4-7-17(12-16)39-27(30,31)32/h4-12,14H,13H2,1-3H3,(H,33,38)(H,35,37). The normalized spacial score (nSPS) is 11.9. The summed E-state index contributed by atoms with van der Waals surface area (Å²) in [4.78, 5) is 25.5. The number of nitrogens with zero attached hydrogens (tertiary/aromatic N) is 2. The smallest absolute Gasteiger partial charge is 0.406 e. The number of ether oxygens (including phenoxy) is 1. The fourth-order valence-corrected chi connectivity index (χ4v) is 4.35. The number of fused-ring (bicyclic) bond motifs is 1. The molecule has 2 amide bonds. The second kappa shape index (κ2) is 10.8. The molecule has 1 aromatic heterocycles. The van der Waals surface area contributed by atoms with Crippen molar-refractivity contribution >= 4 is 51.6 Å². The Kier molecular flexibility index (Phi) is 7.81. The summed E-state index contributed by atoms with van der Waals surface area (Å²) in [6, 6.07) is 13.5. The molecular weight excluding hydrogens is 556 g/mol. The Bertz CT molecular complexity index is 1560. The van der Waals surface area contributed by atoms with Crippen molar-refractivity contribution in [2.24, 2.45) is 5.41 Å². The number of hydrogen-bond acceptors (Lipinski definition) is 4. The average Bonchev–Trinajstić information content (AvgIpc) is 3.27. The first kappa shape index (κ1) is 28.3. The van der Waals surface area contributed by atoms with Gasteiger partial charge in [0.05, 0.1) is 38.7 Å². The molecule has 7 nitrogen and oxygen atoms in total. The molecule has 3 aromatic carbocycles. The molecule has 0 saturated heterocycles. The molecule has 0 unspecified atom stereocenters. The van der Waals surface area contributed by atoms with Crippen LogP contribution in [0.3, 0.4) is 0 Å². The van der Waals surface area contributed by atoms with E-state index in [1.54, 1.807) is 51.1 Å². The molecule has 1 heterocycles. The molecular formula is C27H23Cl2F3N4O3. The van der Waals surface area contributed by atoms with Gasteiger partial charge in [0.1, 0.15) is 5.75 Å². The molecule has 0 radical (unpaired) electrons. The molecule has 0 aliphatic rings. The SMILES string of the molecule is CC(C)(C)C(=O)NCc1ccc(Cl)c(C(=O)Nc2cccc3c2cnn3-c2cccc(OC(F)(F)F)c2)c1Cl. The van der Waals surface area contributed by atoms with E-state index in [0.717, 1.165) is 0 Å². The van der Waals surface area contributed by atoms with Crippen LogP contribution in [0.1, 0.15) is 36.7 Å². The number of nitrogens with one attached hydrogen (secondary N) is 2. The maximum atomic E-state index is 13.3. The zero-order valence-electron chi connectivity index (χ0n) is 21.0. The maximum Gasteiger partial charge on any atom is 0.573 e. The molecule has 39 heavy (non-hydrogen) atoms. The Morgan fingerprint density at radius 1 is 1.03 bits per heavy atom. The van der Waals surface area contributed by atoms with Crippen molar-refractivity contribution in [1.29, 1.82) is 0 Å². The van der Waals surface area contributed by atoms with E-state index in [1.807, 2.05) is 0 Å². The summed E-state index contributed by atoms with van der Waals surface area (Å²) in [5.74, 6) is -1.16. The van der Waals surface area contributed by atoms with Gasteiger partial charge in [-0.2, -0.15) is 5.10 Å². The quantitative estimate of drug-likeness (QED) is 0.254. The Labute approximate surface area is 231 Å². The predicted octanol–water partition coefficient (Wildman–Crippen LogP) is 7.15. The van der Waals surface area contributed by atoms with Crippen LogP contribution in [-0.4, -0.2) is 28.0 Å². The van der Waals surface area contributed by atoms with E-state index >= 15 is 0 Å². The summed E-state index contributed by atoms with van der Waals surface area (Å²) in [5, 5.41) is 10.6. The Hall–Kier alpha value is -3.76. The molecule has 0 bridgehead atoms. The van der Waals surface area contributed by atoms with Crippen molar-refractivity contribution in [2.75, 3.05) is 5.32 Å². The molecule has 0 atom stereocenters. The molecule has 0 saturated carbocycles. The lowest BCUT2D eigenvalue weighted by Gasteiger charge is -2.18. The first-order chi connectivity index (χ1) is 18.2. The van der Waals surface area contributed by atoms with E-state index in [0.29, 0.717) is 27.8 Å². The lowest BCUT2D eigenvalue weighted by Crippen LogP contribution is -2.34. The highest BCUT2D eigenvalue weighted by atomic mass is 35.5. The van der Waals surface area contributed by atoms with Crippen LogP contribution < -0.4 is 15.4 Å². The fourth-order valence-electron chi connectivity index (χ4n) is 3.74. The molecule has 4 rings (SSSR count). The van der Waals surface area contributed by atoms with Crippen LogP contribution in [0.5, 0.6) is 5.75 Å². The van der Waals surface area contributed by atoms with Gasteiger partial charge in [0.2, 0.25) is 5.91 Å². The summed E-state index contributed by atoms with van der Waals surface area (Å²) >= 11 is 12.9. The van der Waals surface area contributed by atoms with Gasteiger partial charge in [0.25, 0.3) is 5.91 Å². The Morgan fingerprint density at radius 2 is 1.74 bits per heavy atom. The van der Waals surface area contributed by atoms with Gasteiger partial charge in [-0.1, -0.05) is 62.2 Å². The van der Waals surface area contributed by atoms with E-state index in [1.165, 1.54) is 35.1 Å². The van der Waals surface area contributed by atoms with Crippen LogP contribution in [0.2, 0.25) is 10.0 Å². The van der Waals surface area contributed by atoms with Crippen LogP contribution >= 0.6 is 23.2 Å². The fraction of sp³-hybridized carbons (Fsp3) is 0.222. The Morgan fingerprint density at radius 3 is 2.44 bits per heavy atom. The highest BCUT2D eigenvalue weighted by Crippen LogP contribution is 2.32. The minimum absolute atomic E-state index is 0.0298. The Balaban J connectivity index is 1.62. The molecule has 0 fully saturated rings. The number of carbonyl (C=O) groups is 2. The van der Waals surface area contributed by atoms with Gasteiger partial charge in [0.15, 0.2) is 0 Å². The van der Waals surface area contributed by atoms with Crippen molar-refractivity contribution in [3.63, 3.8) is 0 Å².